The summed E-state index contributed by atoms with van der Waals surface area (Å²) in [4.78, 5) is 0. The lowest BCUT2D eigenvalue weighted by molar-refractivity contribution is -0.671. The number of benzene rings is 2. The fourth-order valence-electron chi connectivity index (χ4n) is 2.50. The van der Waals surface area contributed by atoms with Gasteiger partial charge in [-0.05, 0) is 0 Å². The SMILES string of the molecule is C[n+]1ccn(CC(CCl)OP(c2ccccc2)c2ccccc2)c1.[Cl-]. The molecule has 0 saturated heterocycles. The number of aryl methyl sites for hydroxylation is 1. The Hall–Kier alpha value is -1.38. The van der Waals surface area contributed by atoms with Crippen LogP contribution in [-0.2, 0) is 18.1 Å². The molecule has 0 aliphatic rings. The number of rotatable bonds is 7. The van der Waals surface area contributed by atoms with E-state index in [0.29, 0.717) is 5.88 Å². The quantitative estimate of drug-likeness (QED) is 0.313. The van der Waals surface area contributed by atoms with Gasteiger partial charge in [-0.1, -0.05) is 60.7 Å². The topological polar surface area (TPSA) is 18.0 Å². The van der Waals surface area contributed by atoms with Gasteiger partial charge in [-0.15, -0.1) is 11.6 Å². The molecular formula is C19H21Cl2N2OP. The van der Waals surface area contributed by atoms with Crippen LogP contribution in [0.25, 0.3) is 0 Å². The molecule has 0 saturated carbocycles. The number of imidazole rings is 1. The van der Waals surface area contributed by atoms with Gasteiger partial charge in [0.2, 0.25) is 6.33 Å². The van der Waals surface area contributed by atoms with Crippen molar-refractivity contribution in [2.75, 3.05) is 5.88 Å². The molecule has 0 aliphatic heterocycles. The van der Waals surface area contributed by atoms with E-state index in [9.17, 15) is 0 Å². The number of hydrogen-bond donors (Lipinski definition) is 0. The normalized spacial score (nSPS) is 12.0. The molecule has 0 fully saturated rings. The molecule has 0 N–H and O–H groups in total. The molecule has 0 spiro atoms. The van der Waals surface area contributed by atoms with Crippen molar-refractivity contribution in [1.82, 2.24) is 4.57 Å². The summed E-state index contributed by atoms with van der Waals surface area (Å²) < 4.78 is 10.6. The lowest BCUT2D eigenvalue weighted by Gasteiger charge is -2.23. The van der Waals surface area contributed by atoms with E-state index in [4.69, 9.17) is 16.1 Å². The Morgan fingerprint density at radius 2 is 1.60 bits per heavy atom. The van der Waals surface area contributed by atoms with Crippen molar-refractivity contribution in [2.24, 2.45) is 7.05 Å². The minimum atomic E-state index is -0.890. The minimum Gasteiger partial charge on any atom is -1.00 e. The van der Waals surface area contributed by atoms with E-state index in [1.165, 1.54) is 10.6 Å². The second-order valence-electron chi connectivity index (χ2n) is 5.62. The van der Waals surface area contributed by atoms with E-state index in [1.54, 1.807) is 0 Å². The van der Waals surface area contributed by atoms with Gasteiger partial charge in [-0.25, -0.2) is 9.13 Å². The first-order chi connectivity index (χ1) is 11.8. The summed E-state index contributed by atoms with van der Waals surface area (Å²) in [5.74, 6) is 0.459. The number of hydrogen-bond acceptors (Lipinski definition) is 1. The van der Waals surface area contributed by atoms with E-state index in [0.717, 1.165) is 6.54 Å². The van der Waals surface area contributed by atoms with Crippen molar-refractivity contribution < 1.29 is 21.5 Å². The zero-order valence-corrected chi connectivity index (χ0v) is 16.4. The van der Waals surface area contributed by atoms with Crippen LogP contribution >= 0.6 is 19.7 Å². The van der Waals surface area contributed by atoms with Gasteiger partial charge in [-0.3, -0.25) is 0 Å². The average Bonchev–Trinajstić information content (AvgIpc) is 3.05. The first-order valence-corrected chi connectivity index (χ1v) is 9.69. The van der Waals surface area contributed by atoms with Gasteiger partial charge in [-0.2, -0.15) is 0 Å². The summed E-state index contributed by atoms with van der Waals surface area (Å²) in [6.45, 7) is 0.739. The Morgan fingerprint density at radius 1 is 1.04 bits per heavy atom. The van der Waals surface area contributed by atoms with Crippen molar-refractivity contribution in [1.29, 1.82) is 0 Å². The second-order valence-corrected chi connectivity index (χ2v) is 7.76. The van der Waals surface area contributed by atoms with Crippen molar-refractivity contribution in [3.05, 3.63) is 79.4 Å². The Bertz CT molecular complexity index is 713. The van der Waals surface area contributed by atoms with Gasteiger partial charge in [0.25, 0.3) is 0 Å². The number of halogens is 2. The second kappa shape index (κ2) is 9.94. The van der Waals surface area contributed by atoms with Crippen molar-refractivity contribution in [2.45, 2.75) is 12.6 Å². The van der Waals surface area contributed by atoms with E-state index >= 15 is 0 Å². The van der Waals surface area contributed by atoms with Gasteiger partial charge in [0.1, 0.15) is 25.0 Å². The average molecular weight is 395 g/mol. The van der Waals surface area contributed by atoms with Crippen LogP contribution in [0.4, 0.5) is 0 Å². The lowest BCUT2D eigenvalue weighted by Crippen LogP contribution is -3.00. The third-order valence-electron chi connectivity index (χ3n) is 3.65. The first-order valence-electron chi connectivity index (χ1n) is 7.90. The summed E-state index contributed by atoms with van der Waals surface area (Å²) in [7, 11) is 1.12. The Labute approximate surface area is 161 Å². The molecule has 2 aromatic carbocycles. The zero-order valence-electron chi connectivity index (χ0n) is 14.0. The maximum Gasteiger partial charge on any atom is 0.243 e. The number of aromatic nitrogens is 2. The summed E-state index contributed by atoms with van der Waals surface area (Å²) in [5, 5.41) is 2.40. The van der Waals surface area contributed by atoms with Crippen LogP contribution in [0.2, 0.25) is 0 Å². The van der Waals surface area contributed by atoms with Gasteiger partial charge < -0.3 is 16.9 Å². The zero-order chi connectivity index (χ0) is 16.8. The summed E-state index contributed by atoms with van der Waals surface area (Å²) in [6.07, 6.45) is 6.04. The molecule has 0 amide bonds. The molecule has 1 aromatic heterocycles. The van der Waals surface area contributed by atoms with E-state index in [-0.39, 0.29) is 18.5 Å². The minimum absolute atomic E-state index is 0. The first kappa shape index (κ1) is 19.9. The van der Waals surface area contributed by atoms with Crippen molar-refractivity contribution in [3.63, 3.8) is 0 Å². The van der Waals surface area contributed by atoms with Gasteiger partial charge in [0, 0.05) is 10.6 Å². The van der Waals surface area contributed by atoms with E-state index in [1.807, 2.05) is 42.5 Å². The molecule has 0 bridgehead atoms. The summed E-state index contributed by atoms with van der Waals surface area (Å²) in [6, 6.07) is 20.8. The Balaban J connectivity index is 0.00000225. The molecular weight excluding hydrogens is 374 g/mol. The highest BCUT2D eigenvalue weighted by Gasteiger charge is 2.22. The standard InChI is InChI=1S/C19H21ClN2OP.ClH/c1-21-12-13-22(16-21)15-17(14-20)23-24(18-8-4-2-5-9-18)19-10-6-3-7-11-19;/h2-13,16-17H,14-15H2,1H3;1H/q+1;/p-1. The van der Waals surface area contributed by atoms with Crippen LogP contribution in [0.3, 0.4) is 0 Å². The molecule has 0 aliphatic carbocycles. The van der Waals surface area contributed by atoms with E-state index < -0.39 is 8.15 Å². The van der Waals surface area contributed by atoms with Crippen LogP contribution in [0.5, 0.6) is 0 Å². The van der Waals surface area contributed by atoms with E-state index in [2.05, 4.69) is 53.1 Å². The monoisotopic (exact) mass is 394 g/mol. The Morgan fingerprint density at radius 3 is 2.04 bits per heavy atom. The smallest absolute Gasteiger partial charge is 0.243 e. The molecule has 1 atom stereocenters. The maximum atomic E-state index is 6.49. The highest BCUT2D eigenvalue weighted by molar-refractivity contribution is 7.68. The number of alkyl halides is 1. The highest BCUT2D eigenvalue weighted by Crippen LogP contribution is 2.36. The fraction of sp³-hybridized carbons (Fsp3) is 0.211. The van der Waals surface area contributed by atoms with Crippen LogP contribution in [0.15, 0.2) is 79.4 Å². The van der Waals surface area contributed by atoms with Crippen LogP contribution in [0.1, 0.15) is 0 Å². The molecule has 0 radical (unpaired) electrons. The molecule has 6 heteroatoms. The predicted molar refractivity (Wildman–Crippen MR) is 100 cm³/mol. The summed E-state index contributed by atoms with van der Waals surface area (Å²) in [5.41, 5.74) is 0. The molecule has 132 valence electrons. The lowest BCUT2D eigenvalue weighted by atomic mass is 10.4. The molecule has 25 heavy (non-hydrogen) atoms. The molecule has 1 unspecified atom stereocenters. The largest absolute Gasteiger partial charge is 1.00 e. The van der Waals surface area contributed by atoms with Gasteiger partial charge in [0.05, 0.1) is 21.1 Å². The van der Waals surface area contributed by atoms with Crippen LogP contribution in [0, 0.1) is 0 Å². The van der Waals surface area contributed by atoms with Crippen LogP contribution in [-0.4, -0.2) is 16.6 Å². The third-order valence-corrected chi connectivity index (χ3v) is 6.03. The van der Waals surface area contributed by atoms with Gasteiger partial charge >= 0.3 is 0 Å². The predicted octanol–water partition coefficient (Wildman–Crippen LogP) is -0.0115. The van der Waals surface area contributed by atoms with Crippen molar-refractivity contribution in [3.8, 4) is 0 Å². The Kier molecular flexibility index (Phi) is 7.92. The number of nitrogens with zero attached hydrogens (tertiary/aromatic N) is 2. The summed E-state index contributed by atoms with van der Waals surface area (Å²) >= 11 is 6.21. The molecule has 3 nitrogen and oxygen atoms in total. The molecule has 3 rings (SSSR count). The molecule has 1 heterocycles. The third kappa shape index (κ3) is 5.55. The van der Waals surface area contributed by atoms with Gasteiger partial charge in [0.15, 0.2) is 0 Å². The highest BCUT2D eigenvalue weighted by atomic mass is 35.5. The fourth-order valence-corrected chi connectivity index (χ4v) is 4.62. The molecule has 3 aromatic rings. The van der Waals surface area contributed by atoms with Crippen molar-refractivity contribution >= 4 is 30.4 Å². The maximum absolute atomic E-state index is 6.49. The van der Waals surface area contributed by atoms with Crippen LogP contribution < -0.4 is 27.6 Å².